The summed E-state index contributed by atoms with van der Waals surface area (Å²) in [6.45, 7) is 0. The molecule has 0 bridgehead atoms. The molecule has 3 aromatic carbocycles. The van der Waals surface area contributed by atoms with Gasteiger partial charge in [0.25, 0.3) is 5.91 Å². The van der Waals surface area contributed by atoms with Gasteiger partial charge in [0.15, 0.2) is 9.84 Å². The molecule has 0 aliphatic heterocycles. The van der Waals surface area contributed by atoms with Crippen LogP contribution in [0.1, 0.15) is 15.9 Å². The van der Waals surface area contributed by atoms with Gasteiger partial charge in [0.1, 0.15) is 5.82 Å². The van der Waals surface area contributed by atoms with E-state index in [0.717, 1.165) is 24.5 Å². The number of hydrogen-bond donors (Lipinski definition) is 1. The van der Waals surface area contributed by atoms with Gasteiger partial charge in [0.05, 0.1) is 22.2 Å². The Balaban J connectivity index is 2.03. The molecule has 0 saturated carbocycles. The van der Waals surface area contributed by atoms with Crippen molar-refractivity contribution in [1.82, 2.24) is 0 Å². The van der Waals surface area contributed by atoms with Gasteiger partial charge in [-0.2, -0.15) is 5.26 Å². The number of carbonyl (C=O) groups is 1. The molecule has 3 aromatic rings. The Morgan fingerprint density at radius 2 is 1.64 bits per heavy atom. The standard InChI is InChI=1S/C21H15FN2O3S/c1-28(26,27)15-10-11-19(22)20(12-15)24-21(25)18-9-5-4-8-17(18)16-7-3-2-6-14(16)13-23/h2-12H,1H3,(H,24,25). The highest BCUT2D eigenvalue weighted by Gasteiger charge is 2.17. The number of hydrogen-bond acceptors (Lipinski definition) is 4. The molecule has 0 unspecified atom stereocenters. The van der Waals surface area contributed by atoms with Crippen LogP contribution in [0.25, 0.3) is 11.1 Å². The van der Waals surface area contributed by atoms with Crippen LogP contribution in [0.2, 0.25) is 0 Å². The van der Waals surface area contributed by atoms with Gasteiger partial charge in [0, 0.05) is 17.4 Å². The molecule has 0 aliphatic carbocycles. The Kier molecular flexibility index (Phi) is 5.25. The van der Waals surface area contributed by atoms with Gasteiger partial charge < -0.3 is 5.32 Å². The van der Waals surface area contributed by atoms with Crippen LogP contribution in [0.5, 0.6) is 0 Å². The highest BCUT2D eigenvalue weighted by atomic mass is 32.2. The number of benzene rings is 3. The Bertz CT molecular complexity index is 1210. The lowest BCUT2D eigenvalue weighted by molar-refractivity contribution is 0.102. The average Bonchev–Trinajstić information content (AvgIpc) is 2.68. The van der Waals surface area contributed by atoms with Gasteiger partial charge in [-0.25, -0.2) is 12.8 Å². The molecule has 28 heavy (non-hydrogen) atoms. The van der Waals surface area contributed by atoms with Crippen LogP contribution in [0.3, 0.4) is 0 Å². The molecule has 1 amide bonds. The van der Waals surface area contributed by atoms with Crippen molar-refractivity contribution < 1.29 is 17.6 Å². The van der Waals surface area contributed by atoms with Crippen molar-refractivity contribution in [2.24, 2.45) is 0 Å². The van der Waals surface area contributed by atoms with E-state index in [1.54, 1.807) is 48.5 Å². The van der Waals surface area contributed by atoms with Crippen molar-refractivity contribution in [3.05, 3.63) is 83.7 Å². The maximum Gasteiger partial charge on any atom is 0.256 e. The summed E-state index contributed by atoms with van der Waals surface area (Å²) in [6.07, 6.45) is 1.000. The van der Waals surface area contributed by atoms with Crippen LogP contribution >= 0.6 is 0 Å². The second-order valence-corrected chi connectivity index (χ2v) is 8.09. The van der Waals surface area contributed by atoms with Gasteiger partial charge in [-0.3, -0.25) is 4.79 Å². The maximum atomic E-state index is 14.1. The third-order valence-electron chi connectivity index (χ3n) is 4.12. The fraction of sp³-hybridized carbons (Fsp3) is 0.0476. The minimum absolute atomic E-state index is 0.104. The molecule has 0 spiro atoms. The van der Waals surface area contributed by atoms with Crippen LogP contribution < -0.4 is 5.32 Å². The van der Waals surface area contributed by atoms with Gasteiger partial charge in [-0.05, 0) is 35.9 Å². The maximum absolute atomic E-state index is 14.1. The molecule has 0 heterocycles. The van der Waals surface area contributed by atoms with Crippen molar-refractivity contribution in [3.63, 3.8) is 0 Å². The van der Waals surface area contributed by atoms with Gasteiger partial charge in [0.2, 0.25) is 0 Å². The number of nitrogens with one attached hydrogen (secondary N) is 1. The number of nitriles is 1. The van der Waals surface area contributed by atoms with E-state index in [4.69, 9.17) is 0 Å². The summed E-state index contributed by atoms with van der Waals surface area (Å²) in [7, 11) is -3.56. The van der Waals surface area contributed by atoms with Crippen molar-refractivity contribution >= 4 is 21.4 Å². The van der Waals surface area contributed by atoms with E-state index in [-0.39, 0.29) is 16.1 Å². The van der Waals surface area contributed by atoms with Crippen molar-refractivity contribution in [3.8, 4) is 17.2 Å². The zero-order valence-corrected chi connectivity index (χ0v) is 15.6. The van der Waals surface area contributed by atoms with Crippen LogP contribution in [0, 0.1) is 17.1 Å². The predicted octanol–water partition coefficient (Wildman–Crippen LogP) is 4.02. The van der Waals surface area contributed by atoms with Gasteiger partial charge in [-0.1, -0.05) is 36.4 Å². The molecule has 1 N–H and O–H groups in total. The monoisotopic (exact) mass is 394 g/mol. The van der Waals surface area contributed by atoms with Gasteiger partial charge in [-0.15, -0.1) is 0 Å². The molecule has 0 saturated heterocycles. The number of amides is 1. The largest absolute Gasteiger partial charge is 0.319 e. The number of anilines is 1. The molecule has 0 aromatic heterocycles. The number of sulfone groups is 1. The molecule has 0 fully saturated rings. The molecular formula is C21H15FN2O3S. The highest BCUT2D eigenvalue weighted by molar-refractivity contribution is 7.90. The Morgan fingerprint density at radius 1 is 1.00 bits per heavy atom. The fourth-order valence-corrected chi connectivity index (χ4v) is 3.40. The molecule has 0 aliphatic rings. The second kappa shape index (κ2) is 7.62. The number of halogens is 1. The third kappa shape index (κ3) is 3.92. The van der Waals surface area contributed by atoms with Crippen molar-refractivity contribution in [2.45, 2.75) is 4.90 Å². The third-order valence-corrected chi connectivity index (χ3v) is 5.23. The van der Waals surface area contributed by atoms with Crippen LogP contribution in [-0.4, -0.2) is 20.6 Å². The number of rotatable bonds is 4. The molecule has 0 radical (unpaired) electrons. The first kappa shape index (κ1) is 19.3. The summed E-state index contributed by atoms with van der Waals surface area (Å²) in [5.41, 5.74) is 1.47. The molecule has 5 nitrogen and oxygen atoms in total. The topological polar surface area (TPSA) is 87.0 Å². The number of carbonyl (C=O) groups excluding carboxylic acids is 1. The van der Waals surface area contributed by atoms with E-state index >= 15 is 0 Å². The summed E-state index contributed by atoms with van der Waals surface area (Å²) in [4.78, 5) is 12.7. The van der Waals surface area contributed by atoms with E-state index in [0.29, 0.717) is 16.7 Å². The van der Waals surface area contributed by atoms with Crippen LogP contribution in [0.15, 0.2) is 71.6 Å². The van der Waals surface area contributed by atoms with Gasteiger partial charge >= 0.3 is 0 Å². The van der Waals surface area contributed by atoms with E-state index < -0.39 is 21.6 Å². The smallest absolute Gasteiger partial charge is 0.256 e. The average molecular weight is 394 g/mol. The quantitative estimate of drug-likeness (QED) is 0.677. The zero-order valence-electron chi connectivity index (χ0n) is 14.8. The van der Waals surface area contributed by atoms with Crippen LogP contribution in [0.4, 0.5) is 10.1 Å². The Hall–Kier alpha value is -3.50. The summed E-state index contributed by atoms with van der Waals surface area (Å²) in [5, 5.41) is 11.8. The normalized spacial score (nSPS) is 10.9. The number of nitrogens with zero attached hydrogens (tertiary/aromatic N) is 1. The minimum atomic E-state index is -3.56. The summed E-state index contributed by atoms with van der Waals surface area (Å²) in [6, 6.07) is 18.7. The van der Waals surface area contributed by atoms with Crippen molar-refractivity contribution in [2.75, 3.05) is 11.6 Å². The zero-order chi connectivity index (χ0) is 20.3. The van der Waals surface area contributed by atoms with E-state index in [2.05, 4.69) is 11.4 Å². The molecular weight excluding hydrogens is 379 g/mol. The summed E-state index contributed by atoms with van der Waals surface area (Å²) < 4.78 is 37.5. The molecule has 3 rings (SSSR count). The SMILES string of the molecule is CS(=O)(=O)c1ccc(F)c(NC(=O)c2ccccc2-c2ccccc2C#N)c1. The Labute approximate surface area is 162 Å². The molecule has 0 atom stereocenters. The lowest BCUT2D eigenvalue weighted by Crippen LogP contribution is -2.15. The first-order chi connectivity index (χ1) is 13.3. The van der Waals surface area contributed by atoms with E-state index in [1.807, 2.05) is 0 Å². The minimum Gasteiger partial charge on any atom is -0.319 e. The summed E-state index contributed by atoms with van der Waals surface area (Å²) in [5.74, 6) is -1.37. The Morgan fingerprint density at radius 3 is 2.32 bits per heavy atom. The van der Waals surface area contributed by atoms with E-state index in [9.17, 15) is 22.9 Å². The molecule has 140 valence electrons. The first-order valence-corrected chi connectivity index (χ1v) is 10.1. The van der Waals surface area contributed by atoms with E-state index in [1.165, 1.54) is 0 Å². The lowest BCUT2D eigenvalue weighted by atomic mass is 9.95. The van der Waals surface area contributed by atoms with Crippen molar-refractivity contribution in [1.29, 1.82) is 5.26 Å². The molecule has 7 heteroatoms. The highest BCUT2D eigenvalue weighted by Crippen LogP contribution is 2.28. The second-order valence-electron chi connectivity index (χ2n) is 6.07. The summed E-state index contributed by atoms with van der Waals surface area (Å²) >= 11 is 0. The first-order valence-electron chi connectivity index (χ1n) is 8.21. The predicted molar refractivity (Wildman–Crippen MR) is 104 cm³/mol. The van der Waals surface area contributed by atoms with Crippen LogP contribution in [-0.2, 0) is 9.84 Å². The fourth-order valence-electron chi connectivity index (χ4n) is 2.75. The lowest BCUT2D eigenvalue weighted by Gasteiger charge is -2.12.